The first-order valence-electron chi connectivity index (χ1n) is 6.03. The average molecular weight is 338 g/mol. The van der Waals surface area contributed by atoms with E-state index in [0.29, 0.717) is 0 Å². The van der Waals surface area contributed by atoms with Gasteiger partial charge in [0, 0.05) is 0 Å². The molecule has 1 aliphatic heterocycles. The Labute approximate surface area is 109 Å². The van der Waals surface area contributed by atoms with E-state index >= 15 is 0 Å². The fraction of sp³-hybridized carbons (Fsp3) is 0.692. The van der Waals surface area contributed by atoms with Crippen molar-refractivity contribution in [1.29, 1.82) is 0 Å². The van der Waals surface area contributed by atoms with Crippen LogP contribution in [0.3, 0.4) is 0 Å². The summed E-state index contributed by atoms with van der Waals surface area (Å²) < 4.78 is 0. The highest BCUT2D eigenvalue weighted by atomic mass is 127. The van der Waals surface area contributed by atoms with Gasteiger partial charge in [0.25, 0.3) is 0 Å². The lowest BCUT2D eigenvalue weighted by atomic mass is 10.1. The van der Waals surface area contributed by atoms with E-state index < -0.39 is 7.20 Å². The summed E-state index contributed by atoms with van der Waals surface area (Å²) >= 11 is 2.67. The van der Waals surface area contributed by atoms with E-state index in [4.69, 9.17) is 0 Å². The molecule has 0 N–H and O–H groups in total. The van der Waals surface area contributed by atoms with Crippen molar-refractivity contribution in [2.45, 2.75) is 52.4 Å². The van der Waals surface area contributed by atoms with Gasteiger partial charge in [0.15, 0.2) is 0 Å². The first kappa shape index (κ1) is 13.6. The van der Waals surface area contributed by atoms with Gasteiger partial charge in [0.05, 0.1) is 0 Å². The van der Waals surface area contributed by atoms with E-state index in [1.807, 2.05) is 0 Å². The fourth-order valence-corrected chi connectivity index (χ4v) is 6.53. The highest BCUT2D eigenvalue weighted by Gasteiger charge is 2.17. The van der Waals surface area contributed by atoms with E-state index in [1.54, 1.807) is 0 Å². The van der Waals surface area contributed by atoms with Crippen LogP contribution in [-0.2, 0) is 0 Å². The van der Waals surface area contributed by atoms with Gasteiger partial charge in [0.1, 0.15) is 0 Å². The van der Waals surface area contributed by atoms with Gasteiger partial charge >= 0.3 is 0 Å². The zero-order chi connectivity index (χ0) is 11.1. The third kappa shape index (κ3) is 5.43. The first-order chi connectivity index (χ1) is 7.16. The Bertz CT molecular complexity index is 245. The van der Waals surface area contributed by atoms with Crippen molar-refractivity contribution in [1.82, 2.24) is 0 Å². The Morgan fingerprint density at radius 1 is 1.13 bits per heavy atom. The van der Waals surface area contributed by atoms with Gasteiger partial charge in [-0.15, -0.1) is 7.20 Å². The van der Waals surface area contributed by atoms with Crippen LogP contribution in [0.2, 0.25) is 0 Å². The highest BCUT2D eigenvalue weighted by molar-refractivity contribution is 14.2. The smallest absolute Gasteiger partial charge is 0.00728 e. The third-order valence-corrected chi connectivity index (χ3v) is 7.98. The minimum absolute atomic E-state index is 0.518. The van der Waals surface area contributed by atoms with E-state index in [0.717, 1.165) is 0 Å². The molecule has 1 unspecified atom stereocenters. The van der Waals surface area contributed by atoms with E-state index in [-0.39, 0.29) is 0 Å². The van der Waals surface area contributed by atoms with Gasteiger partial charge in [-0.3, -0.25) is 0 Å². The fourth-order valence-electron chi connectivity index (χ4n) is 1.84. The average Bonchev–Trinajstić information content (AvgIpc) is 2.53. The molecule has 0 fully saturated rings. The number of allylic oxidation sites excluding steroid dienone is 2. The summed E-state index contributed by atoms with van der Waals surface area (Å²) in [6.45, 7) is 4.49. The molecule has 0 aromatic carbocycles. The molecule has 0 saturated carbocycles. The van der Waals surface area contributed by atoms with Crippen molar-refractivity contribution in [3.63, 3.8) is 0 Å². The first-order valence-corrected chi connectivity index (χ1v) is 10.5. The minimum atomic E-state index is -0.518. The van der Waals surface area contributed by atoms with Gasteiger partial charge in [-0.1, -0.05) is 45.1 Å². The Balaban J connectivity index is 2.08. The van der Waals surface area contributed by atoms with E-state index in [9.17, 15) is 0 Å². The van der Waals surface area contributed by atoms with Gasteiger partial charge < -0.3 is 0 Å². The van der Waals surface area contributed by atoms with Crippen LogP contribution >= 0.6 is 28.4 Å². The molecule has 88 valence electrons. The number of halogens is 1. The van der Waals surface area contributed by atoms with Crippen molar-refractivity contribution in [3.05, 3.63) is 22.5 Å². The van der Waals surface area contributed by atoms with Crippen LogP contribution in [-0.4, -0.2) is 5.75 Å². The number of hydrogen-bond acceptors (Lipinski definition) is 0. The number of unbranched alkanes of at least 4 members (excludes halogenated alkanes) is 5. The van der Waals surface area contributed by atoms with Crippen LogP contribution in [0, 0.1) is 0 Å². The van der Waals surface area contributed by atoms with Crippen LogP contribution < -0.4 is 0 Å². The number of hydrogen-bond donors (Lipinski definition) is 0. The molecule has 1 rings (SSSR count). The topological polar surface area (TPSA) is 0 Å². The van der Waals surface area contributed by atoms with Crippen molar-refractivity contribution in [2.24, 2.45) is 0 Å². The molecule has 0 radical (unpaired) electrons. The standard InChI is InChI=1S/C13H23IS/c1-3-4-5-6-7-8-10-15(14)11-9-13(2)12-15/h9,11-12H,3-8,10H2,1-2H3. The van der Waals surface area contributed by atoms with Crippen molar-refractivity contribution in [3.8, 4) is 0 Å². The molecule has 0 aromatic heterocycles. The highest BCUT2D eigenvalue weighted by Crippen LogP contribution is 2.63. The summed E-state index contributed by atoms with van der Waals surface area (Å²) in [5.74, 6) is 1.40. The minimum Gasteiger partial charge on any atom is -0.146 e. The van der Waals surface area contributed by atoms with Crippen LogP contribution in [0.15, 0.2) is 22.5 Å². The summed E-state index contributed by atoms with van der Waals surface area (Å²) in [6, 6.07) is 0. The molecule has 0 amide bonds. The predicted octanol–water partition coefficient (Wildman–Crippen LogP) is 5.93. The molecule has 0 nitrogen and oxygen atoms in total. The monoisotopic (exact) mass is 338 g/mol. The summed E-state index contributed by atoms with van der Waals surface area (Å²) in [6.07, 6.45) is 10.8. The third-order valence-electron chi connectivity index (χ3n) is 2.75. The van der Waals surface area contributed by atoms with Gasteiger partial charge in [-0.25, -0.2) is 0 Å². The van der Waals surface area contributed by atoms with Crippen molar-refractivity contribution in [2.75, 3.05) is 5.75 Å². The summed E-state index contributed by atoms with van der Waals surface area (Å²) in [4.78, 5) is 0. The molecular formula is C13H23IS. The maximum absolute atomic E-state index is 2.67. The summed E-state index contributed by atoms with van der Waals surface area (Å²) in [5, 5.41) is 4.93. The van der Waals surface area contributed by atoms with E-state index in [2.05, 4.69) is 51.9 Å². The lowest BCUT2D eigenvalue weighted by Crippen LogP contribution is -1.90. The maximum Gasteiger partial charge on any atom is -0.00728 e. The molecule has 1 atom stereocenters. The Morgan fingerprint density at radius 2 is 1.80 bits per heavy atom. The molecule has 0 aliphatic carbocycles. The Morgan fingerprint density at radius 3 is 2.40 bits per heavy atom. The molecular weight excluding hydrogens is 315 g/mol. The van der Waals surface area contributed by atoms with Crippen LogP contribution in [0.1, 0.15) is 52.4 Å². The summed E-state index contributed by atoms with van der Waals surface area (Å²) in [7, 11) is -0.518. The lowest BCUT2D eigenvalue weighted by molar-refractivity contribution is 0.627. The van der Waals surface area contributed by atoms with Crippen LogP contribution in [0.4, 0.5) is 0 Å². The predicted molar refractivity (Wildman–Crippen MR) is 82.8 cm³/mol. The molecule has 2 heteroatoms. The molecule has 0 aromatic rings. The Kier molecular flexibility index (Phi) is 6.36. The largest absolute Gasteiger partial charge is 0.146 e. The van der Waals surface area contributed by atoms with Gasteiger partial charge in [-0.2, -0.15) is 0 Å². The Hall–Kier alpha value is 0.560. The SMILES string of the molecule is CCCCCCCCS1(I)C=CC(C)=C1. The maximum atomic E-state index is 2.67. The van der Waals surface area contributed by atoms with Crippen LogP contribution in [0.5, 0.6) is 0 Å². The van der Waals surface area contributed by atoms with Crippen molar-refractivity contribution >= 4 is 28.4 Å². The molecule has 1 heterocycles. The van der Waals surface area contributed by atoms with Crippen molar-refractivity contribution < 1.29 is 0 Å². The second kappa shape index (κ2) is 7.00. The molecule has 15 heavy (non-hydrogen) atoms. The second-order valence-electron chi connectivity index (χ2n) is 4.39. The molecule has 0 spiro atoms. The van der Waals surface area contributed by atoms with Gasteiger partial charge in [0.2, 0.25) is 0 Å². The lowest BCUT2D eigenvalue weighted by Gasteiger charge is -2.23. The zero-order valence-electron chi connectivity index (χ0n) is 9.97. The van der Waals surface area contributed by atoms with E-state index in [1.165, 1.54) is 49.9 Å². The number of rotatable bonds is 7. The second-order valence-corrected chi connectivity index (χ2v) is 11.7. The quantitative estimate of drug-likeness (QED) is 0.398. The molecule has 0 saturated heterocycles. The molecule has 1 aliphatic rings. The van der Waals surface area contributed by atoms with Gasteiger partial charge in [-0.05, 0) is 56.7 Å². The zero-order valence-corrected chi connectivity index (χ0v) is 12.9. The normalized spacial score (nSPS) is 28.9. The van der Waals surface area contributed by atoms with Crippen LogP contribution in [0.25, 0.3) is 0 Å². The molecule has 0 bridgehead atoms. The summed E-state index contributed by atoms with van der Waals surface area (Å²) in [5.41, 5.74) is 1.46.